The average molecular weight is 317 g/mol. The molecule has 0 aliphatic carbocycles. The van der Waals surface area contributed by atoms with E-state index in [1.54, 1.807) is 18.2 Å². The van der Waals surface area contributed by atoms with Gasteiger partial charge in [0.15, 0.2) is 0 Å². The molecule has 96 valence electrons. The second kappa shape index (κ2) is 6.90. The van der Waals surface area contributed by atoms with Crippen LogP contribution in [0.3, 0.4) is 0 Å². The number of hydrogen-bond acceptors (Lipinski definition) is 2. The standard InChI is InChI=1S/C16H13BrO2/c17-15-11-14(12-18)8-9-16(15)19-10-4-7-13-5-2-1-3-6-13/h1-9,11-12H,10H2/b7-4-. The van der Waals surface area contributed by atoms with Crippen molar-refractivity contribution in [3.8, 4) is 5.75 Å². The summed E-state index contributed by atoms with van der Waals surface area (Å²) >= 11 is 3.38. The van der Waals surface area contributed by atoms with Gasteiger partial charge >= 0.3 is 0 Å². The zero-order valence-corrected chi connectivity index (χ0v) is 11.8. The molecule has 2 aromatic carbocycles. The van der Waals surface area contributed by atoms with Gasteiger partial charge in [-0.3, -0.25) is 4.79 Å². The van der Waals surface area contributed by atoms with E-state index in [9.17, 15) is 4.79 Å². The van der Waals surface area contributed by atoms with Crippen molar-refractivity contribution >= 4 is 28.3 Å². The Morgan fingerprint density at radius 2 is 1.84 bits per heavy atom. The van der Waals surface area contributed by atoms with Crippen molar-refractivity contribution < 1.29 is 9.53 Å². The largest absolute Gasteiger partial charge is 0.488 e. The number of rotatable bonds is 5. The topological polar surface area (TPSA) is 26.3 Å². The second-order valence-electron chi connectivity index (χ2n) is 3.93. The van der Waals surface area contributed by atoms with E-state index in [1.807, 2.05) is 42.5 Å². The van der Waals surface area contributed by atoms with Crippen LogP contribution in [-0.4, -0.2) is 12.9 Å². The monoisotopic (exact) mass is 316 g/mol. The predicted octanol–water partition coefficient (Wildman–Crippen LogP) is 4.35. The van der Waals surface area contributed by atoms with Gasteiger partial charge < -0.3 is 4.74 Å². The quantitative estimate of drug-likeness (QED) is 0.766. The number of halogens is 1. The third kappa shape index (κ3) is 4.07. The molecule has 0 saturated carbocycles. The minimum Gasteiger partial charge on any atom is -0.488 e. The molecule has 3 heteroatoms. The van der Waals surface area contributed by atoms with Gasteiger partial charge in [0.2, 0.25) is 0 Å². The van der Waals surface area contributed by atoms with Crippen LogP contribution in [0.25, 0.3) is 6.08 Å². The Labute approximate surface area is 120 Å². The smallest absolute Gasteiger partial charge is 0.150 e. The van der Waals surface area contributed by atoms with Crippen molar-refractivity contribution in [3.05, 3.63) is 70.2 Å². The van der Waals surface area contributed by atoms with E-state index in [0.717, 1.165) is 22.1 Å². The summed E-state index contributed by atoms with van der Waals surface area (Å²) in [6.07, 6.45) is 4.77. The number of aldehydes is 1. The van der Waals surface area contributed by atoms with Crippen LogP contribution in [0.15, 0.2) is 59.1 Å². The Bertz CT molecular complexity index is 577. The molecule has 0 aliphatic rings. The summed E-state index contributed by atoms with van der Waals surface area (Å²) in [6, 6.07) is 15.3. The van der Waals surface area contributed by atoms with E-state index < -0.39 is 0 Å². The molecule has 0 amide bonds. The molecule has 0 bridgehead atoms. The van der Waals surface area contributed by atoms with E-state index in [1.165, 1.54) is 0 Å². The lowest BCUT2D eigenvalue weighted by atomic mass is 10.2. The van der Waals surface area contributed by atoms with E-state index in [-0.39, 0.29) is 0 Å². The lowest BCUT2D eigenvalue weighted by Gasteiger charge is -2.05. The van der Waals surface area contributed by atoms with Gasteiger partial charge in [0, 0.05) is 5.56 Å². The molecule has 0 N–H and O–H groups in total. The number of carbonyl (C=O) groups excluding carboxylic acids is 1. The molecule has 0 atom stereocenters. The highest BCUT2D eigenvalue weighted by molar-refractivity contribution is 9.10. The minimum atomic E-state index is 0.480. The Kier molecular flexibility index (Phi) is 4.93. The van der Waals surface area contributed by atoms with Crippen LogP contribution in [-0.2, 0) is 0 Å². The van der Waals surface area contributed by atoms with Crippen LogP contribution in [0.4, 0.5) is 0 Å². The molecule has 0 aromatic heterocycles. The molecule has 0 heterocycles. The van der Waals surface area contributed by atoms with Gasteiger partial charge in [-0.2, -0.15) is 0 Å². The highest BCUT2D eigenvalue weighted by Gasteiger charge is 2.01. The maximum Gasteiger partial charge on any atom is 0.150 e. The van der Waals surface area contributed by atoms with E-state index in [0.29, 0.717) is 12.2 Å². The van der Waals surface area contributed by atoms with Gasteiger partial charge in [0.05, 0.1) is 4.47 Å². The third-order valence-electron chi connectivity index (χ3n) is 2.54. The molecule has 0 unspecified atom stereocenters. The first-order valence-electron chi connectivity index (χ1n) is 5.89. The first-order valence-corrected chi connectivity index (χ1v) is 6.68. The van der Waals surface area contributed by atoms with Crippen LogP contribution in [0.2, 0.25) is 0 Å². The lowest BCUT2D eigenvalue weighted by molar-refractivity contribution is 0.112. The molecular weight excluding hydrogens is 304 g/mol. The second-order valence-corrected chi connectivity index (χ2v) is 4.79. The molecule has 0 spiro atoms. The van der Waals surface area contributed by atoms with Crippen molar-refractivity contribution in [2.75, 3.05) is 6.61 Å². The fourth-order valence-electron chi connectivity index (χ4n) is 1.59. The number of carbonyl (C=O) groups is 1. The summed E-state index contributed by atoms with van der Waals surface area (Å²) in [4.78, 5) is 10.6. The molecule has 0 aliphatic heterocycles. The maximum atomic E-state index is 10.6. The normalized spacial score (nSPS) is 10.6. The summed E-state index contributed by atoms with van der Waals surface area (Å²) in [6.45, 7) is 0.480. The molecule has 2 rings (SSSR count). The zero-order valence-electron chi connectivity index (χ0n) is 10.3. The van der Waals surface area contributed by atoms with Crippen LogP contribution >= 0.6 is 15.9 Å². The van der Waals surface area contributed by atoms with Gasteiger partial charge in [-0.15, -0.1) is 0 Å². The van der Waals surface area contributed by atoms with Crippen molar-refractivity contribution in [1.82, 2.24) is 0 Å². The fourth-order valence-corrected chi connectivity index (χ4v) is 2.10. The van der Waals surface area contributed by atoms with E-state index in [4.69, 9.17) is 4.74 Å². The van der Waals surface area contributed by atoms with E-state index in [2.05, 4.69) is 15.9 Å². The SMILES string of the molecule is O=Cc1ccc(OC/C=C\c2ccccc2)c(Br)c1. The molecule has 0 fully saturated rings. The lowest BCUT2D eigenvalue weighted by Crippen LogP contribution is -1.94. The summed E-state index contributed by atoms with van der Waals surface area (Å²) < 4.78 is 6.39. The third-order valence-corrected chi connectivity index (χ3v) is 3.16. The Balaban J connectivity index is 1.92. The van der Waals surface area contributed by atoms with Crippen molar-refractivity contribution in [3.63, 3.8) is 0 Å². The van der Waals surface area contributed by atoms with Gasteiger partial charge in [-0.1, -0.05) is 36.4 Å². The molecule has 0 radical (unpaired) electrons. The highest BCUT2D eigenvalue weighted by atomic mass is 79.9. The van der Waals surface area contributed by atoms with Crippen LogP contribution in [0.1, 0.15) is 15.9 Å². The van der Waals surface area contributed by atoms with E-state index >= 15 is 0 Å². The summed E-state index contributed by atoms with van der Waals surface area (Å²) in [7, 11) is 0. The Morgan fingerprint density at radius 1 is 1.05 bits per heavy atom. The minimum absolute atomic E-state index is 0.480. The summed E-state index contributed by atoms with van der Waals surface area (Å²) in [5.74, 6) is 0.725. The van der Waals surface area contributed by atoms with Crippen LogP contribution in [0, 0.1) is 0 Å². The van der Waals surface area contributed by atoms with Crippen molar-refractivity contribution in [1.29, 1.82) is 0 Å². The average Bonchev–Trinajstić information content (AvgIpc) is 2.46. The molecule has 0 saturated heterocycles. The molecular formula is C16H13BrO2. The van der Waals surface area contributed by atoms with Gasteiger partial charge in [0.1, 0.15) is 18.6 Å². The van der Waals surface area contributed by atoms with Crippen molar-refractivity contribution in [2.45, 2.75) is 0 Å². The fraction of sp³-hybridized carbons (Fsp3) is 0.0625. The Hall–Kier alpha value is -1.87. The zero-order chi connectivity index (χ0) is 13.5. The molecule has 2 aromatic rings. The predicted molar refractivity (Wildman–Crippen MR) is 80.5 cm³/mol. The van der Waals surface area contributed by atoms with Crippen LogP contribution in [0.5, 0.6) is 5.75 Å². The molecule has 19 heavy (non-hydrogen) atoms. The first-order chi connectivity index (χ1) is 9.29. The number of hydrogen-bond donors (Lipinski definition) is 0. The number of benzene rings is 2. The van der Waals surface area contributed by atoms with Crippen molar-refractivity contribution in [2.24, 2.45) is 0 Å². The van der Waals surface area contributed by atoms with Crippen LogP contribution < -0.4 is 4.74 Å². The van der Waals surface area contributed by atoms with Gasteiger partial charge in [0.25, 0.3) is 0 Å². The maximum absolute atomic E-state index is 10.6. The summed E-state index contributed by atoms with van der Waals surface area (Å²) in [5, 5.41) is 0. The summed E-state index contributed by atoms with van der Waals surface area (Å²) in [5.41, 5.74) is 1.76. The Morgan fingerprint density at radius 3 is 2.53 bits per heavy atom. The van der Waals surface area contributed by atoms with Gasteiger partial charge in [-0.25, -0.2) is 0 Å². The first kappa shape index (κ1) is 13.6. The van der Waals surface area contributed by atoms with Gasteiger partial charge in [-0.05, 0) is 45.8 Å². The molecule has 2 nitrogen and oxygen atoms in total. The highest BCUT2D eigenvalue weighted by Crippen LogP contribution is 2.25. The number of ether oxygens (including phenoxy) is 1.